The van der Waals surface area contributed by atoms with Crippen LogP contribution in [0.1, 0.15) is 5.69 Å². The smallest absolute Gasteiger partial charge is 0.353 e. The molecule has 1 fully saturated rings. The van der Waals surface area contributed by atoms with Crippen LogP contribution in [0.2, 0.25) is 0 Å². The molecule has 32 heavy (non-hydrogen) atoms. The molecule has 2 aromatic rings. The van der Waals surface area contributed by atoms with Crippen molar-refractivity contribution in [2.75, 3.05) is 11.5 Å². The van der Waals surface area contributed by atoms with Crippen LogP contribution in [0.4, 0.5) is 5.13 Å². The number of halogens is 1. The van der Waals surface area contributed by atoms with Gasteiger partial charge in [-0.2, -0.15) is 0 Å². The fraction of sp³-hybridized carbons (Fsp3) is 0.167. The van der Waals surface area contributed by atoms with Crippen molar-refractivity contribution in [2.24, 2.45) is 5.16 Å². The van der Waals surface area contributed by atoms with Crippen LogP contribution >= 0.6 is 57.5 Å². The minimum Gasteiger partial charge on any atom is -0.477 e. The molecule has 0 radical (unpaired) electrons. The molecule has 0 saturated carbocycles. The first-order valence-corrected chi connectivity index (χ1v) is 12.7. The van der Waals surface area contributed by atoms with Crippen molar-refractivity contribution in [3.05, 3.63) is 49.5 Å². The molecule has 166 valence electrons. The summed E-state index contributed by atoms with van der Waals surface area (Å²) >= 11 is 5.90. The van der Waals surface area contributed by atoms with E-state index in [4.69, 9.17) is 5.73 Å². The van der Waals surface area contributed by atoms with Crippen LogP contribution in [0.3, 0.4) is 0 Å². The third-order valence-electron chi connectivity index (χ3n) is 4.57. The Bertz CT molecular complexity index is 1180. The van der Waals surface area contributed by atoms with Crippen LogP contribution in [-0.4, -0.2) is 60.9 Å². The number of benzene rings is 1. The second-order valence-corrected chi connectivity index (χ2v) is 10.8. The lowest BCUT2D eigenvalue weighted by atomic mass is 10.0. The average Bonchev–Trinajstić information content (AvgIpc) is 3.19. The number of oxime groups is 1. The van der Waals surface area contributed by atoms with E-state index in [0.29, 0.717) is 10.7 Å². The zero-order chi connectivity index (χ0) is 23.0. The van der Waals surface area contributed by atoms with E-state index in [1.165, 1.54) is 33.8 Å². The number of anilines is 1. The van der Waals surface area contributed by atoms with Gasteiger partial charge in [0.25, 0.3) is 11.8 Å². The highest BCUT2D eigenvalue weighted by Gasteiger charge is 2.54. The Labute approximate surface area is 207 Å². The molecule has 0 unspecified atom stereocenters. The van der Waals surface area contributed by atoms with Gasteiger partial charge in [-0.15, -0.1) is 23.1 Å². The minimum atomic E-state index is -1.21. The number of rotatable bonds is 6. The summed E-state index contributed by atoms with van der Waals surface area (Å²) in [5, 5.41) is 25.6. The van der Waals surface area contributed by atoms with Gasteiger partial charge in [-0.05, 0) is 34.7 Å². The predicted octanol–water partition coefficient (Wildman–Crippen LogP) is 2.00. The van der Waals surface area contributed by atoms with Gasteiger partial charge in [0.15, 0.2) is 10.8 Å². The van der Waals surface area contributed by atoms with Crippen molar-refractivity contribution in [3.8, 4) is 0 Å². The number of carboxylic acids is 1. The lowest BCUT2D eigenvalue weighted by Crippen LogP contribution is -2.71. The first-order valence-electron chi connectivity index (χ1n) is 8.89. The summed E-state index contributed by atoms with van der Waals surface area (Å²) in [5.74, 6) is -2.21. The second-order valence-electron chi connectivity index (χ2n) is 6.49. The summed E-state index contributed by atoms with van der Waals surface area (Å²) in [7, 11) is 0. The molecule has 2 aliphatic rings. The number of carboxylic acid groups (broad SMARTS) is 1. The number of amides is 2. The van der Waals surface area contributed by atoms with Gasteiger partial charge < -0.3 is 21.4 Å². The standard InChI is InChI=1S/C18H14IN5O5S3/c19-7-3-1-2-4-9(7)32-10-6-30-16-12(15(26)24(16)13(10)17(27)28)22-14(25)11(23-29)8-5-31-18(20)21-8/h1-5,12,16,29H,6H2,(H2,20,21)(H,22,25)(H,27,28)/t12-,16+/m1/s1. The number of β-lactam (4-membered cyclic amide) rings is 1. The summed E-state index contributed by atoms with van der Waals surface area (Å²) in [6.45, 7) is 0. The van der Waals surface area contributed by atoms with E-state index in [1.807, 2.05) is 24.3 Å². The number of thiazole rings is 1. The Kier molecular flexibility index (Phi) is 6.64. The number of thioether (sulfide) groups is 2. The molecule has 0 bridgehead atoms. The highest BCUT2D eigenvalue weighted by atomic mass is 127. The molecule has 2 amide bonds. The summed E-state index contributed by atoms with van der Waals surface area (Å²) in [6.07, 6.45) is 0. The number of hydrogen-bond donors (Lipinski definition) is 4. The largest absolute Gasteiger partial charge is 0.477 e. The van der Waals surface area contributed by atoms with Crippen LogP contribution in [0.5, 0.6) is 0 Å². The van der Waals surface area contributed by atoms with Gasteiger partial charge in [0.2, 0.25) is 0 Å². The van der Waals surface area contributed by atoms with Gasteiger partial charge >= 0.3 is 5.97 Å². The quantitative estimate of drug-likeness (QED) is 0.127. The number of nitrogens with two attached hydrogens (primary N) is 1. The van der Waals surface area contributed by atoms with Crippen molar-refractivity contribution in [1.29, 1.82) is 0 Å². The Morgan fingerprint density at radius 1 is 1.38 bits per heavy atom. The lowest BCUT2D eigenvalue weighted by molar-refractivity contribution is -0.150. The Morgan fingerprint density at radius 3 is 2.75 bits per heavy atom. The molecule has 14 heteroatoms. The van der Waals surface area contributed by atoms with E-state index >= 15 is 0 Å². The van der Waals surface area contributed by atoms with E-state index in [0.717, 1.165) is 19.8 Å². The Hall–Kier alpha value is -2.30. The maximum absolute atomic E-state index is 12.8. The molecule has 2 aliphatic heterocycles. The lowest BCUT2D eigenvalue weighted by Gasteiger charge is -2.49. The van der Waals surface area contributed by atoms with E-state index in [2.05, 4.69) is 38.0 Å². The monoisotopic (exact) mass is 603 g/mol. The van der Waals surface area contributed by atoms with Crippen molar-refractivity contribution in [3.63, 3.8) is 0 Å². The SMILES string of the molecule is Nc1nc(C(=NO)C(=O)N[C@@H]2C(=O)N3C(C(=O)O)=C(Sc4ccccc4I)CS[C@@H]23)cs1. The van der Waals surface area contributed by atoms with Crippen LogP contribution in [0.25, 0.3) is 0 Å². The summed E-state index contributed by atoms with van der Waals surface area (Å²) in [5.41, 5.74) is 5.16. The normalized spacial score (nSPS) is 20.6. The highest BCUT2D eigenvalue weighted by molar-refractivity contribution is 14.1. The van der Waals surface area contributed by atoms with Gasteiger partial charge in [0, 0.05) is 24.5 Å². The first-order chi connectivity index (χ1) is 15.3. The van der Waals surface area contributed by atoms with Crippen LogP contribution in [0.15, 0.2) is 50.3 Å². The van der Waals surface area contributed by atoms with Gasteiger partial charge in [-0.1, -0.05) is 29.1 Å². The fourth-order valence-electron chi connectivity index (χ4n) is 3.15. The first kappa shape index (κ1) is 22.9. The highest BCUT2D eigenvalue weighted by Crippen LogP contribution is 2.45. The molecule has 5 N–H and O–H groups in total. The minimum absolute atomic E-state index is 0.0784. The predicted molar refractivity (Wildman–Crippen MR) is 130 cm³/mol. The molecule has 10 nitrogen and oxygen atoms in total. The molecule has 4 rings (SSSR count). The molecule has 3 heterocycles. The molecule has 1 saturated heterocycles. The zero-order valence-electron chi connectivity index (χ0n) is 15.9. The van der Waals surface area contributed by atoms with Gasteiger partial charge in [-0.25, -0.2) is 9.78 Å². The Balaban J connectivity index is 1.54. The van der Waals surface area contributed by atoms with Gasteiger partial charge in [0.05, 0.1) is 0 Å². The van der Waals surface area contributed by atoms with Gasteiger partial charge in [0.1, 0.15) is 22.8 Å². The third kappa shape index (κ3) is 4.18. The molecule has 1 aromatic carbocycles. The van der Waals surface area contributed by atoms with E-state index in [1.54, 1.807) is 0 Å². The summed E-state index contributed by atoms with van der Waals surface area (Å²) in [4.78, 5) is 43.9. The van der Waals surface area contributed by atoms with Crippen molar-refractivity contribution in [1.82, 2.24) is 15.2 Å². The van der Waals surface area contributed by atoms with E-state index < -0.39 is 29.2 Å². The molecular weight excluding hydrogens is 589 g/mol. The molecule has 1 aromatic heterocycles. The summed E-state index contributed by atoms with van der Waals surface area (Å²) < 4.78 is 0.970. The van der Waals surface area contributed by atoms with Crippen LogP contribution in [0, 0.1) is 3.57 Å². The van der Waals surface area contributed by atoms with Crippen molar-refractivity contribution >= 4 is 86.1 Å². The molecular formula is C18H14IN5O5S3. The second kappa shape index (κ2) is 9.29. The topological polar surface area (TPSA) is 158 Å². The molecule has 2 atom stereocenters. The van der Waals surface area contributed by atoms with Crippen molar-refractivity contribution in [2.45, 2.75) is 16.3 Å². The van der Waals surface area contributed by atoms with E-state index in [-0.39, 0.29) is 22.2 Å². The fourth-order valence-corrected chi connectivity index (χ4v) is 6.91. The number of carbonyl (C=O) groups is 3. The van der Waals surface area contributed by atoms with Crippen LogP contribution < -0.4 is 11.1 Å². The number of carbonyl (C=O) groups excluding carboxylic acids is 2. The number of aromatic nitrogens is 1. The third-order valence-corrected chi connectivity index (χ3v) is 9.18. The van der Waals surface area contributed by atoms with Gasteiger partial charge in [-0.3, -0.25) is 14.5 Å². The number of nitrogens with zero attached hydrogens (tertiary/aromatic N) is 3. The van der Waals surface area contributed by atoms with Crippen LogP contribution in [-0.2, 0) is 14.4 Å². The number of nitrogen functional groups attached to an aromatic ring is 1. The number of aliphatic carboxylic acids is 1. The molecule has 0 aliphatic carbocycles. The zero-order valence-corrected chi connectivity index (χ0v) is 20.5. The average molecular weight is 603 g/mol. The van der Waals surface area contributed by atoms with Crippen molar-refractivity contribution < 1.29 is 24.7 Å². The maximum Gasteiger partial charge on any atom is 0.353 e. The van der Waals surface area contributed by atoms with E-state index in [9.17, 15) is 24.7 Å². The Morgan fingerprint density at radius 2 is 2.12 bits per heavy atom. The number of fused-ring (bicyclic) bond motifs is 1. The molecule has 0 spiro atoms. The maximum atomic E-state index is 12.8. The summed E-state index contributed by atoms with van der Waals surface area (Å²) in [6, 6.07) is 6.59. The number of nitrogens with one attached hydrogen (secondary N) is 1. The number of hydrogen-bond acceptors (Lipinski definition) is 10.